The Hall–Kier alpha value is -3.09. The third kappa shape index (κ3) is 6.44. The molecule has 166 valence electrons. The molecule has 2 aromatic rings. The van der Waals surface area contributed by atoms with E-state index in [4.69, 9.17) is 4.74 Å². The van der Waals surface area contributed by atoms with Gasteiger partial charge in [0.15, 0.2) is 0 Å². The summed E-state index contributed by atoms with van der Waals surface area (Å²) in [6, 6.07) is 13.7. The van der Waals surface area contributed by atoms with Crippen LogP contribution in [0.2, 0.25) is 0 Å². The molecule has 3 rings (SSSR count). The van der Waals surface area contributed by atoms with Gasteiger partial charge in [0.1, 0.15) is 5.60 Å². The van der Waals surface area contributed by atoms with Crippen molar-refractivity contribution >= 4 is 28.7 Å². The molecule has 0 saturated carbocycles. The van der Waals surface area contributed by atoms with Crippen LogP contribution in [0.25, 0.3) is 10.8 Å². The Labute approximate surface area is 183 Å². The van der Waals surface area contributed by atoms with Crippen molar-refractivity contribution in [3.63, 3.8) is 0 Å². The summed E-state index contributed by atoms with van der Waals surface area (Å²) in [4.78, 5) is 38.7. The number of fused-ring (bicyclic) bond motifs is 1. The topological polar surface area (TPSA) is 87.7 Å². The highest BCUT2D eigenvalue weighted by Crippen LogP contribution is 2.22. The first-order chi connectivity index (χ1) is 14.7. The second kappa shape index (κ2) is 9.81. The SMILES string of the molecule is CC(C)(C)OC(=O)NCCC(=O)NC1CCN(C(=O)c2cccc3ccccc23)CC1. The average Bonchev–Trinajstić information content (AvgIpc) is 2.72. The smallest absolute Gasteiger partial charge is 0.407 e. The van der Waals surface area contributed by atoms with Gasteiger partial charge < -0.3 is 20.3 Å². The lowest BCUT2D eigenvalue weighted by Gasteiger charge is -2.32. The normalized spacial score (nSPS) is 14.9. The van der Waals surface area contributed by atoms with Gasteiger partial charge in [-0.05, 0) is 50.5 Å². The molecular weight excluding hydrogens is 394 g/mol. The molecule has 1 heterocycles. The molecule has 0 aromatic heterocycles. The third-order valence-corrected chi connectivity index (χ3v) is 5.19. The van der Waals surface area contributed by atoms with Crippen LogP contribution >= 0.6 is 0 Å². The van der Waals surface area contributed by atoms with Crippen molar-refractivity contribution in [2.24, 2.45) is 0 Å². The van der Waals surface area contributed by atoms with Crippen molar-refractivity contribution in [1.29, 1.82) is 0 Å². The van der Waals surface area contributed by atoms with Crippen molar-refractivity contribution in [2.45, 2.75) is 51.7 Å². The van der Waals surface area contributed by atoms with E-state index in [-0.39, 0.29) is 30.8 Å². The molecule has 2 N–H and O–H groups in total. The van der Waals surface area contributed by atoms with Gasteiger partial charge in [0.25, 0.3) is 5.91 Å². The van der Waals surface area contributed by atoms with Crippen LogP contribution in [0, 0.1) is 0 Å². The summed E-state index contributed by atoms with van der Waals surface area (Å²) in [6.07, 6.45) is 1.08. The lowest BCUT2D eigenvalue weighted by Crippen LogP contribution is -2.47. The van der Waals surface area contributed by atoms with Crippen LogP contribution < -0.4 is 10.6 Å². The zero-order valence-electron chi connectivity index (χ0n) is 18.4. The first kappa shape index (κ1) is 22.6. The van der Waals surface area contributed by atoms with Crippen molar-refractivity contribution in [3.05, 3.63) is 48.0 Å². The number of carbonyl (C=O) groups is 3. The molecule has 0 bridgehead atoms. The summed E-state index contributed by atoms with van der Waals surface area (Å²) in [7, 11) is 0. The monoisotopic (exact) mass is 425 g/mol. The molecule has 0 aliphatic carbocycles. The number of nitrogens with zero attached hydrogens (tertiary/aromatic N) is 1. The molecular formula is C24H31N3O4. The van der Waals surface area contributed by atoms with E-state index in [9.17, 15) is 14.4 Å². The van der Waals surface area contributed by atoms with Crippen molar-refractivity contribution < 1.29 is 19.1 Å². The molecule has 7 nitrogen and oxygen atoms in total. The lowest BCUT2D eigenvalue weighted by molar-refractivity contribution is -0.121. The highest BCUT2D eigenvalue weighted by molar-refractivity contribution is 6.07. The third-order valence-electron chi connectivity index (χ3n) is 5.19. The van der Waals surface area contributed by atoms with Crippen LogP contribution in [0.3, 0.4) is 0 Å². The Bertz CT molecular complexity index is 938. The molecule has 0 unspecified atom stereocenters. The van der Waals surface area contributed by atoms with E-state index in [2.05, 4.69) is 10.6 Å². The summed E-state index contributed by atoms with van der Waals surface area (Å²) in [6.45, 7) is 6.79. The van der Waals surface area contributed by atoms with E-state index < -0.39 is 11.7 Å². The fourth-order valence-corrected chi connectivity index (χ4v) is 3.70. The second-order valence-corrected chi connectivity index (χ2v) is 8.84. The number of nitrogens with one attached hydrogen (secondary N) is 2. The fourth-order valence-electron chi connectivity index (χ4n) is 3.70. The Morgan fingerprint density at radius 1 is 1.03 bits per heavy atom. The summed E-state index contributed by atoms with van der Waals surface area (Å²) >= 11 is 0. The van der Waals surface area contributed by atoms with E-state index >= 15 is 0 Å². The van der Waals surface area contributed by atoms with E-state index in [1.165, 1.54) is 0 Å². The van der Waals surface area contributed by atoms with Crippen LogP contribution in [0.5, 0.6) is 0 Å². The van der Waals surface area contributed by atoms with Gasteiger partial charge in [0.2, 0.25) is 5.91 Å². The van der Waals surface area contributed by atoms with Crippen LogP contribution in [0.15, 0.2) is 42.5 Å². The predicted molar refractivity (Wildman–Crippen MR) is 120 cm³/mol. The molecule has 1 aliphatic heterocycles. The molecule has 0 spiro atoms. The average molecular weight is 426 g/mol. The first-order valence-corrected chi connectivity index (χ1v) is 10.8. The molecule has 0 atom stereocenters. The van der Waals surface area contributed by atoms with Crippen molar-refractivity contribution in [1.82, 2.24) is 15.5 Å². The molecule has 1 fully saturated rings. The van der Waals surface area contributed by atoms with Gasteiger partial charge in [-0.15, -0.1) is 0 Å². The summed E-state index contributed by atoms with van der Waals surface area (Å²) < 4.78 is 5.15. The molecule has 1 aliphatic rings. The Balaban J connectivity index is 1.44. The molecule has 7 heteroatoms. The maximum atomic E-state index is 13.0. The number of benzene rings is 2. The zero-order chi connectivity index (χ0) is 22.4. The summed E-state index contributed by atoms with van der Waals surface area (Å²) in [5.74, 6) is -0.0852. The predicted octanol–water partition coefficient (Wildman–Crippen LogP) is 3.48. The molecule has 2 aromatic carbocycles. The molecule has 1 saturated heterocycles. The number of hydrogen-bond donors (Lipinski definition) is 2. The number of rotatable bonds is 5. The van der Waals surface area contributed by atoms with E-state index in [0.717, 1.165) is 10.8 Å². The summed E-state index contributed by atoms with van der Waals surface area (Å²) in [5, 5.41) is 7.60. The summed E-state index contributed by atoms with van der Waals surface area (Å²) in [5.41, 5.74) is 0.151. The number of ether oxygens (including phenoxy) is 1. The van der Waals surface area contributed by atoms with Crippen LogP contribution in [-0.2, 0) is 9.53 Å². The number of piperidine rings is 1. The highest BCUT2D eigenvalue weighted by Gasteiger charge is 2.25. The zero-order valence-corrected chi connectivity index (χ0v) is 18.4. The number of carbonyl (C=O) groups excluding carboxylic acids is 3. The largest absolute Gasteiger partial charge is 0.444 e. The fraction of sp³-hybridized carbons (Fsp3) is 0.458. The molecule has 31 heavy (non-hydrogen) atoms. The van der Waals surface area contributed by atoms with E-state index in [1.54, 1.807) is 20.8 Å². The Kier molecular flexibility index (Phi) is 7.15. The van der Waals surface area contributed by atoms with Gasteiger partial charge in [-0.25, -0.2) is 4.79 Å². The van der Waals surface area contributed by atoms with Gasteiger partial charge in [-0.1, -0.05) is 36.4 Å². The van der Waals surface area contributed by atoms with Crippen molar-refractivity contribution in [2.75, 3.05) is 19.6 Å². The Morgan fingerprint density at radius 2 is 1.71 bits per heavy atom. The second-order valence-electron chi connectivity index (χ2n) is 8.84. The quantitative estimate of drug-likeness (QED) is 0.768. The minimum Gasteiger partial charge on any atom is -0.444 e. The van der Waals surface area contributed by atoms with Crippen LogP contribution in [-0.4, -0.2) is 54.1 Å². The minimum atomic E-state index is -0.566. The van der Waals surface area contributed by atoms with E-state index in [1.807, 2.05) is 47.4 Å². The van der Waals surface area contributed by atoms with Gasteiger partial charge in [0.05, 0.1) is 0 Å². The molecule has 3 amide bonds. The first-order valence-electron chi connectivity index (χ1n) is 10.8. The van der Waals surface area contributed by atoms with E-state index in [0.29, 0.717) is 31.5 Å². The molecule has 0 radical (unpaired) electrons. The van der Waals surface area contributed by atoms with Gasteiger partial charge in [-0.2, -0.15) is 0 Å². The highest BCUT2D eigenvalue weighted by atomic mass is 16.6. The van der Waals surface area contributed by atoms with Gasteiger partial charge in [0, 0.05) is 37.7 Å². The Morgan fingerprint density at radius 3 is 2.42 bits per heavy atom. The standard InChI is InChI=1S/C24H31N3O4/c1-24(2,3)31-23(30)25-14-11-21(28)26-18-12-15-27(16-13-18)22(29)20-10-6-8-17-7-4-5-9-19(17)20/h4-10,18H,11-16H2,1-3H3,(H,25,30)(H,26,28). The lowest BCUT2D eigenvalue weighted by atomic mass is 10.0. The number of hydrogen-bond acceptors (Lipinski definition) is 4. The van der Waals surface area contributed by atoms with Crippen molar-refractivity contribution in [3.8, 4) is 0 Å². The van der Waals surface area contributed by atoms with Crippen LogP contribution in [0.1, 0.15) is 50.4 Å². The number of amides is 3. The minimum absolute atomic E-state index is 0.0307. The maximum absolute atomic E-state index is 13.0. The number of alkyl carbamates (subject to hydrolysis) is 1. The number of likely N-dealkylation sites (tertiary alicyclic amines) is 1. The van der Waals surface area contributed by atoms with Crippen LogP contribution in [0.4, 0.5) is 4.79 Å². The van der Waals surface area contributed by atoms with Gasteiger partial charge >= 0.3 is 6.09 Å². The van der Waals surface area contributed by atoms with Gasteiger partial charge in [-0.3, -0.25) is 9.59 Å². The maximum Gasteiger partial charge on any atom is 0.407 e.